The second-order valence-electron chi connectivity index (χ2n) is 11.0. The highest BCUT2D eigenvalue weighted by Gasteiger charge is 2.57. The molecule has 4 atom stereocenters. The molecule has 0 aliphatic carbocycles. The molecule has 218 valence electrons. The minimum atomic E-state index is -0.917. The molecule has 6 rings (SSSR count). The molecule has 2 aliphatic rings. The summed E-state index contributed by atoms with van der Waals surface area (Å²) in [6.45, 7) is 5.96. The van der Waals surface area contributed by atoms with Gasteiger partial charge in [0.05, 0.1) is 18.9 Å². The minimum Gasteiger partial charge on any atom is -0.461 e. The number of hydrogen-bond acceptors (Lipinski definition) is 7. The third kappa shape index (κ3) is 5.01. The van der Waals surface area contributed by atoms with E-state index in [1.807, 2.05) is 68.4 Å². The second kappa shape index (κ2) is 11.4. The zero-order chi connectivity index (χ0) is 29.3. The van der Waals surface area contributed by atoms with Crippen molar-refractivity contribution in [2.75, 3.05) is 18.9 Å². The summed E-state index contributed by atoms with van der Waals surface area (Å²) in [4.78, 5) is 15.4. The number of rotatable bonds is 9. The molecule has 0 amide bonds. The van der Waals surface area contributed by atoms with Gasteiger partial charge in [-0.05, 0) is 37.5 Å². The Morgan fingerprint density at radius 2 is 1.40 bits per heavy atom. The third-order valence-corrected chi connectivity index (χ3v) is 7.89. The van der Waals surface area contributed by atoms with E-state index < -0.39 is 41.8 Å². The lowest BCUT2D eigenvalue weighted by Gasteiger charge is -2.37. The van der Waals surface area contributed by atoms with Gasteiger partial charge in [0.25, 0.3) is 0 Å². The zero-order valence-corrected chi connectivity index (χ0v) is 24.0. The first-order valence-electron chi connectivity index (χ1n) is 14.3. The number of nitrogen functional groups attached to an aromatic ring is 1. The molecular formula is C34H36N2O6. The van der Waals surface area contributed by atoms with Crippen molar-refractivity contribution in [2.45, 2.75) is 56.6 Å². The molecular weight excluding hydrogens is 532 g/mol. The van der Waals surface area contributed by atoms with E-state index in [0.717, 1.165) is 16.7 Å². The van der Waals surface area contributed by atoms with E-state index in [9.17, 15) is 4.79 Å². The largest absolute Gasteiger partial charge is 0.461 e. The molecule has 0 bridgehead atoms. The van der Waals surface area contributed by atoms with Crippen molar-refractivity contribution < 1.29 is 28.5 Å². The van der Waals surface area contributed by atoms with Crippen LogP contribution in [0.5, 0.6) is 0 Å². The fraction of sp³-hybridized carbons (Fsp3) is 0.324. The van der Waals surface area contributed by atoms with Crippen LogP contribution < -0.4 is 5.73 Å². The zero-order valence-electron chi connectivity index (χ0n) is 24.0. The second-order valence-corrected chi connectivity index (χ2v) is 11.0. The predicted octanol–water partition coefficient (Wildman–Crippen LogP) is 5.74. The Kier molecular flexibility index (Phi) is 7.64. The number of ether oxygens (including phenoxy) is 5. The van der Waals surface area contributed by atoms with Gasteiger partial charge < -0.3 is 34.4 Å². The number of carbonyl (C=O) groups is 1. The average molecular weight is 569 g/mol. The lowest BCUT2D eigenvalue weighted by atomic mass is 9.80. The third-order valence-electron chi connectivity index (χ3n) is 7.89. The van der Waals surface area contributed by atoms with Gasteiger partial charge in [0.15, 0.2) is 5.79 Å². The maximum atomic E-state index is 12.5. The fourth-order valence-corrected chi connectivity index (χ4v) is 6.10. The summed E-state index contributed by atoms with van der Waals surface area (Å²) in [7, 11) is 0. The summed E-state index contributed by atoms with van der Waals surface area (Å²) in [6.07, 6.45) is -0.266. The topological polar surface area (TPSA) is 105 Å². The molecule has 3 heterocycles. The van der Waals surface area contributed by atoms with E-state index in [-0.39, 0.29) is 24.6 Å². The van der Waals surface area contributed by atoms with Crippen LogP contribution in [0, 0.1) is 0 Å². The smallest absolute Gasteiger partial charge is 0.356 e. The molecule has 2 saturated heterocycles. The Morgan fingerprint density at radius 1 is 0.881 bits per heavy atom. The van der Waals surface area contributed by atoms with Crippen LogP contribution in [0.2, 0.25) is 0 Å². The summed E-state index contributed by atoms with van der Waals surface area (Å²) >= 11 is 0. The maximum absolute atomic E-state index is 12.5. The molecule has 0 saturated carbocycles. The van der Waals surface area contributed by atoms with Gasteiger partial charge in [-0.1, -0.05) is 91.0 Å². The number of anilines is 1. The van der Waals surface area contributed by atoms with Crippen molar-refractivity contribution in [2.24, 2.45) is 0 Å². The van der Waals surface area contributed by atoms with Crippen molar-refractivity contribution in [1.29, 1.82) is 0 Å². The van der Waals surface area contributed by atoms with Crippen LogP contribution >= 0.6 is 0 Å². The number of benzene rings is 3. The summed E-state index contributed by atoms with van der Waals surface area (Å²) < 4.78 is 31.6. The quantitative estimate of drug-likeness (QED) is 0.196. The minimum absolute atomic E-state index is 0.195. The van der Waals surface area contributed by atoms with Gasteiger partial charge in [0.1, 0.15) is 35.7 Å². The molecule has 42 heavy (non-hydrogen) atoms. The summed E-state index contributed by atoms with van der Waals surface area (Å²) in [5.41, 5.74) is 9.60. The van der Waals surface area contributed by atoms with Crippen LogP contribution in [0.1, 0.15) is 59.6 Å². The lowest BCUT2D eigenvalue weighted by molar-refractivity contribution is -0.196. The van der Waals surface area contributed by atoms with Crippen LogP contribution in [0.4, 0.5) is 5.69 Å². The highest BCUT2D eigenvalue weighted by molar-refractivity contribution is 5.94. The molecule has 0 spiro atoms. The van der Waals surface area contributed by atoms with Gasteiger partial charge in [-0.3, -0.25) is 0 Å². The number of nitrogens with one attached hydrogen (secondary N) is 1. The predicted molar refractivity (Wildman–Crippen MR) is 158 cm³/mol. The first-order valence-corrected chi connectivity index (χ1v) is 14.3. The van der Waals surface area contributed by atoms with E-state index in [2.05, 4.69) is 41.4 Å². The fourth-order valence-electron chi connectivity index (χ4n) is 6.10. The molecule has 4 aromatic rings. The summed E-state index contributed by atoms with van der Waals surface area (Å²) in [5, 5.41) is 0. The number of esters is 1. The molecule has 0 unspecified atom stereocenters. The lowest BCUT2D eigenvalue weighted by Crippen LogP contribution is -2.39. The van der Waals surface area contributed by atoms with Crippen LogP contribution in [-0.4, -0.2) is 48.3 Å². The van der Waals surface area contributed by atoms with Crippen molar-refractivity contribution in [3.05, 3.63) is 125 Å². The van der Waals surface area contributed by atoms with Crippen molar-refractivity contribution in [3.8, 4) is 0 Å². The van der Waals surface area contributed by atoms with Crippen molar-refractivity contribution in [3.63, 3.8) is 0 Å². The number of carbonyl (C=O) groups excluding carboxylic acids is 1. The van der Waals surface area contributed by atoms with Gasteiger partial charge in [-0.2, -0.15) is 0 Å². The van der Waals surface area contributed by atoms with Gasteiger partial charge in [0, 0.05) is 11.8 Å². The monoisotopic (exact) mass is 568 g/mol. The Bertz CT molecular complexity index is 1410. The highest BCUT2D eigenvalue weighted by Crippen LogP contribution is 2.48. The SMILES string of the molecule is CCOC(=O)c1[nH]cc([C@H]2O[C@H](COC(c3ccccc3)(c3ccccc3)c3ccccc3)[C@H]3OC(C)(C)O[C@H]32)c1N. The molecule has 1 aromatic heterocycles. The number of H-pyrrole nitrogens is 1. The summed E-state index contributed by atoms with van der Waals surface area (Å²) in [5.74, 6) is -1.35. The highest BCUT2D eigenvalue weighted by atomic mass is 16.8. The van der Waals surface area contributed by atoms with Crippen LogP contribution in [0.15, 0.2) is 97.2 Å². The van der Waals surface area contributed by atoms with Crippen LogP contribution in [-0.2, 0) is 29.3 Å². The van der Waals surface area contributed by atoms with E-state index in [4.69, 9.17) is 29.4 Å². The van der Waals surface area contributed by atoms with Crippen molar-refractivity contribution in [1.82, 2.24) is 4.98 Å². The van der Waals surface area contributed by atoms with Crippen LogP contribution in [0.25, 0.3) is 0 Å². The number of aromatic nitrogens is 1. The van der Waals surface area contributed by atoms with E-state index >= 15 is 0 Å². The molecule has 3 aromatic carbocycles. The first-order chi connectivity index (χ1) is 20.3. The summed E-state index contributed by atoms with van der Waals surface area (Å²) in [6, 6.07) is 30.6. The Labute approximate surface area is 245 Å². The van der Waals surface area contributed by atoms with Gasteiger partial charge >= 0.3 is 5.97 Å². The van der Waals surface area contributed by atoms with E-state index in [1.165, 1.54) is 0 Å². The average Bonchev–Trinajstić information content (AvgIpc) is 3.65. The van der Waals surface area contributed by atoms with Crippen molar-refractivity contribution >= 4 is 11.7 Å². The van der Waals surface area contributed by atoms with Crippen LogP contribution in [0.3, 0.4) is 0 Å². The molecule has 8 nitrogen and oxygen atoms in total. The standard InChI is InChI=1S/C34H36N2O6/c1-4-38-32(37)28-27(35)25(20-36-28)29-31-30(41-33(2,3)42-31)26(40-29)21-39-34(22-14-8-5-9-15-22,23-16-10-6-11-17-23)24-18-12-7-13-19-24/h5-20,26,29-31,36H,4,21,35H2,1-3H3/t26-,29-,30-,31+/m1/s1. The molecule has 8 heteroatoms. The molecule has 2 aliphatic heterocycles. The molecule has 3 N–H and O–H groups in total. The maximum Gasteiger partial charge on any atom is 0.356 e. The van der Waals surface area contributed by atoms with Gasteiger partial charge in [0.2, 0.25) is 0 Å². The number of hydrogen-bond donors (Lipinski definition) is 2. The van der Waals surface area contributed by atoms with E-state index in [1.54, 1.807) is 13.1 Å². The number of aromatic amines is 1. The molecule has 0 radical (unpaired) electrons. The Morgan fingerprint density at radius 3 is 1.93 bits per heavy atom. The normalized spacial score (nSPS) is 23.0. The molecule has 2 fully saturated rings. The number of fused-ring (bicyclic) bond motifs is 1. The van der Waals surface area contributed by atoms with Gasteiger partial charge in [-0.25, -0.2) is 4.79 Å². The Hall–Kier alpha value is -3.95. The first kappa shape index (κ1) is 28.2. The Balaban J connectivity index is 1.37. The van der Waals surface area contributed by atoms with E-state index in [0.29, 0.717) is 5.56 Å². The van der Waals surface area contributed by atoms with Gasteiger partial charge in [-0.15, -0.1) is 0 Å². The number of nitrogens with two attached hydrogens (primary N) is 1.